The third kappa shape index (κ3) is 3.95. The average Bonchev–Trinajstić information content (AvgIpc) is 2.26. The molecule has 0 unspecified atom stereocenters. The Labute approximate surface area is 117 Å². The number of phenolic OH excluding ortho intramolecular Hbond substituents is 2. The van der Waals surface area contributed by atoms with Gasteiger partial charge < -0.3 is 14.9 Å². The molecule has 0 atom stereocenters. The number of esters is 1. The number of rotatable bonds is 5. The van der Waals surface area contributed by atoms with Gasteiger partial charge in [0.25, 0.3) is 0 Å². The van der Waals surface area contributed by atoms with E-state index in [2.05, 4.69) is 19.6 Å². The normalized spacial score (nSPS) is 11.2. The van der Waals surface area contributed by atoms with Gasteiger partial charge in [0.2, 0.25) is 5.75 Å². The van der Waals surface area contributed by atoms with E-state index in [1.165, 1.54) is 0 Å². The van der Waals surface area contributed by atoms with Crippen molar-refractivity contribution in [2.45, 2.75) is 25.7 Å². The maximum Gasteiger partial charge on any atom is 0.352 e. The first-order chi connectivity index (χ1) is 9.13. The van der Waals surface area contributed by atoms with Gasteiger partial charge in [-0.05, 0) is 18.2 Å². The first-order valence-corrected chi connectivity index (χ1v) is 9.70. The number of hydrogen-bond donors (Lipinski definition) is 2. The molecule has 0 aliphatic carbocycles. The largest absolute Gasteiger partial charge is 0.502 e. The van der Waals surface area contributed by atoms with Crippen molar-refractivity contribution in [2.24, 2.45) is 0 Å². The number of carbonyl (C=O) groups excluding carboxylic acids is 1. The van der Waals surface area contributed by atoms with Gasteiger partial charge in [-0.25, -0.2) is 4.79 Å². The van der Waals surface area contributed by atoms with Crippen LogP contribution in [0.5, 0.6) is 11.5 Å². The van der Waals surface area contributed by atoms with Crippen molar-refractivity contribution in [3.63, 3.8) is 0 Å². The molecule has 0 aromatic heterocycles. The van der Waals surface area contributed by atoms with Crippen LogP contribution in [0.25, 0.3) is 0 Å². The Morgan fingerprint density at radius 1 is 1.35 bits per heavy atom. The van der Waals surface area contributed by atoms with E-state index in [-0.39, 0.29) is 12.2 Å². The number of ether oxygens (including phenoxy) is 1. The average molecular weight is 299 g/mol. The predicted molar refractivity (Wildman–Crippen MR) is 74.9 cm³/mol. The first-order valence-electron chi connectivity index (χ1n) is 6.00. The molecule has 1 rings (SSSR count). The Balaban J connectivity index is 2.89. The van der Waals surface area contributed by atoms with Crippen molar-refractivity contribution in [1.82, 2.24) is 0 Å². The second-order valence-corrected chi connectivity index (χ2v) is 11.2. The fourth-order valence-electron chi connectivity index (χ4n) is 1.44. The van der Waals surface area contributed by atoms with E-state index in [1.807, 2.05) is 0 Å². The van der Waals surface area contributed by atoms with Crippen LogP contribution in [0.15, 0.2) is 12.1 Å². The number of nitro groups is 1. The fraction of sp³-hybridized carbons (Fsp3) is 0.417. The Morgan fingerprint density at radius 3 is 2.45 bits per heavy atom. The predicted octanol–water partition coefficient (Wildman–Crippen LogP) is 2.50. The van der Waals surface area contributed by atoms with E-state index in [1.54, 1.807) is 0 Å². The lowest BCUT2D eigenvalue weighted by Crippen LogP contribution is -2.22. The number of nitro benzene ring substituents is 1. The summed E-state index contributed by atoms with van der Waals surface area (Å²) in [7, 11) is -1.36. The van der Waals surface area contributed by atoms with Gasteiger partial charge in [0.1, 0.15) is 5.56 Å². The summed E-state index contributed by atoms with van der Waals surface area (Å²) in [5.41, 5.74) is -1.23. The molecule has 110 valence electrons. The minimum absolute atomic E-state index is 0.197. The monoisotopic (exact) mass is 299 g/mol. The van der Waals surface area contributed by atoms with Crippen LogP contribution in [0.4, 0.5) is 5.69 Å². The molecule has 0 amide bonds. The zero-order valence-corrected chi connectivity index (χ0v) is 12.5. The summed E-state index contributed by atoms with van der Waals surface area (Å²) < 4.78 is 4.99. The van der Waals surface area contributed by atoms with Gasteiger partial charge in [0, 0.05) is 8.07 Å². The van der Waals surface area contributed by atoms with Crippen LogP contribution < -0.4 is 0 Å². The summed E-state index contributed by atoms with van der Waals surface area (Å²) in [4.78, 5) is 21.5. The highest BCUT2D eigenvalue weighted by molar-refractivity contribution is 6.76. The lowest BCUT2D eigenvalue weighted by Gasteiger charge is -2.15. The number of hydrogen-bond acceptors (Lipinski definition) is 6. The van der Waals surface area contributed by atoms with Crippen molar-refractivity contribution in [3.8, 4) is 11.5 Å². The van der Waals surface area contributed by atoms with Crippen molar-refractivity contribution in [2.75, 3.05) is 6.61 Å². The number of nitrogens with zero attached hydrogens (tertiary/aromatic N) is 1. The Bertz CT molecular complexity index is 537. The first kappa shape index (κ1) is 16.0. The molecular formula is C12H17NO6Si. The number of benzene rings is 1. The number of phenols is 2. The maximum absolute atomic E-state index is 11.8. The van der Waals surface area contributed by atoms with Crippen molar-refractivity contribution in [3.05, 3.63) is 27.8 Å². The van der Waals surface area contributed by atoms with Crippen LogP contribution >= 0.6 is 0 Å². The molecule has 0 bridgehead atoms. The summed E-state index contributed by atoms with van der Waals surface area (Å²) in [6, 6.07) is 2.82. The molecule has 8 heteroatoms. The maximum atomic E-state index is 11.8. The molecule has 7 nitrogen and oxygen atoms in total. The second kappa shape index (κ2) is 5.91. The topological polar surface area (TPSA) is 110 Å². The van der Waals surface area contributed by atoms with Crippen LogP contribution in [-0.2, 0) is 4.74 Å². The number of carbonyl (C=O) groups is 1. The molecule has 2 N–H and O–H groups in total. The van der Waals surface area contributed by atoms with E-state index in [4.69, 9.17) is 4.74 Å². The zero-order valence-electron chi connectivity index (χ0n) is 11.5. The molecule has 0 spiro atoms. The number of aromatic hydroxyl groups is 2. The molecule has 0 saturated carbocycles. The van der Waals surface area contributed by atoms with Gasteiger partial charge in [-0.2, -0.15) is 0 Å². The van der Waals surface area contributed by atoms with Gasteiger partial charge in [-0.3, -0.25) is 10.1 Å². The van der Waals surface area contributed by atoms with Gasteiger partial charge in [-0.15, -0.1) is 0 Å². The smallest absolute Gasteiger partial charge is 0.352 e. The molecule has 1 aromatic rings. The summed E-state index contributed by atoms with van der Waals surface area (Å²) >= 11 is 0. The van der Waals surface area contributed by atoms with E-state index in [9.17, 15) is 25.1 Å². The van der Waals surface area contributed by atoms with E-state index in [0.717, 1.165) is 18.2 Å². The molecule has 0 aliphatic rings. The van der Waals surface area contributed by atoms with Crippen molar-refractivity contribution in [1.29, 1.82) is 0 Å². The Hall–Kier alpha value is -2.09. The van der Waals surface area contributed by atoms with Gasteiger partial charge in [0.05, 0.1) is 11.5 Å². The Kier molecular flexibility index (Phi) is 4.72. The van der Waals surface area contributed by atoms with Crippen molar-refractivity contribution >= 4 is 19.7 Å². The molecular weight excluding hydrogens is 282 g/mol. The third-order valence-corrected chi connectivity index (χ3v) is 4.32. The lowest BCUT2D eigenvalue weighted by molar-refractivity contribution is -0.386. The summed E-state index contributed by atoms with van der Waals surface area (Å²) in [6.07, 6.45) is 0. The van der Waals surface area contributed by atoms with Gasteiger partial charge in [0.15, 0.2) is 5.75 Å². The summed E-state index contributed by atoms with van der Waals surface area (Å²) in [6.45, 7) is 6.54. The second-order valence-electron chi connectivity index (χ2n) is 5.53. The third-order valence-electron chi connectivity index (χ3n) is 2.62. The van der Waals surface area contributed by atoms with Crippen LogP contribution in [0.1, 0.15) is 10.4 Å². The van der Waals surface area contributed by atoms with Crippen LogP contribution in [0.3, 0.4) is 0 Å². The minimum Gasteiger partial charge on any atom is -0.502 e. The van der Waals surface area contributed by atoms with E-state index < -0.39 is 36.2 Å². The molecule has 0 aliphatic heterocycles. The van der Waals surface area contributed by atoms with E-state index in [0.29, 0.717) is 0 Å². The molecule has 1 aromatic carbocycles. The Morgan fingerprint density at radius 2 is 1.95 bits per heavy atom. The van der Waals surface area contributed by atoms with E-state index >= 15 is 0 Å². The molecule has 0 heterocycles. The zero-order chi connectivity index (χ0) is 15.5. The lowest BCUT2D eigenvalue weighted by atomic mass is 10.1. The highest BCUT2D eigenvalue weighted by atomic mass is 28.3. The van der Waals surface area contributed by atoms with Crippen LogP contribution in [-0.4, -0.2) is 35.8 Å². The van der Waals surface area contributed by atoms with Crippen molar-refractivity contribution < 1.29 is 24.7 Å². The standard InChI is InChI=1S/C12H17NO6Si/c1-20(2,3)7-6-19-12(16)8-4-5-9(14)10(11(8)15)13(17)18/h4-5,14-15H,6-7H2,1-3H3. The molecule has 0 fully saturated rings. The molecule has 0 saturated heterocycles. The highest BCUT2D eigenvalue weighted by Gasteiger charge is 2.27. The minimum atomic E-state index is -1.36. The van der Waals surface area contributed by atoms with Gasteiger partial charge >= 0.3 is 11.7 Å². The van der Waals surface area contributed by atoms with Crippen LogP contribution in [0, 0.1) is 10.1 Å². The fourth-order valence-corrected chi connectivity index (χ4v) is 2.16. The molecule has 20 heavy (non-hydrogen) atoms. The quantitative estimate of drug-likeness (QED) is 0.374. The molecule has 0 radical (unpaired) electrons. The SMILES string of the molecule is C[Si](C)(C)CCOC(=O)c1ccc(O)c([N+](=O)[O-])c1O. The van der Waals surface area contributed by atoms with Gasteiger partial charge in [-0.1, -0.05) is 19.6 Å². The summed E-state index contributed by atoms with van der Waals surface area (Å²) in [5.74, 6) is -2.43. The van der Waals surface area contributed by atoms with Crippen LogP contribution in [0.2, 0.25) is 25.7 Å². The summed E-state index contributed by atoms with van der Waals surface area (Å²) in [5, 5.41) is 29.7. The highest BCUT2D eigenvalue weighted by Crippen LogP contribution is 2.38.